The van der Waals surface area contributed by atoms with Crippen molar-refractivity contribution in [1.29, 1.82) is 0 Å². The van der Waals surface area contributed by atoms with E-state index in [0.717, 1.165) is 42.3 Å². The molecular formula is C24H39N3. The Balaban J connectivity index is 3.64. The van der Waals surface area contributed by atoms with E-state index in [1.54, 1.807) is 0 Å². The van der Waals surface area contributed by atoms with E-state index in [1.165, 1.54) is 11.4 Å². The SMILES string of the molecule is C=C1N(CC)C(=CCC)C(N=C(C)C(/C=C\C)=C/C)=C(C)N1CC(C)(C)C. The van der Waals surface area contributed by atoms with Crippen molar-refractivity contribution in [2.75, 3.05) is 13.1 Å². The second kappa shape index (κ2) is 9.77. The number of rotatable bonds is 6. The van der Waals surface area contributed by atoms with Gasteiger partial charge in [0.25, 0.3) is 0 Å². The lowest BCUT2D eigenvalue weighted by molar-refractivity contribution is 0.207. The van der Waals surface area contributed by atoms with Gasteiger partial charge in [0.15, 0.2) is 0 Å². The number of hydrogen-bond donors (Lipinski definition) is 0. The van der Waals surface area contributed by atoms with Crippen molar-refractivity contribution >= 4 is 5.71 Å². The van der Waals surface area contributed by atoms with Crippen LogP contribution in [0.25, 0.3) is 0 Å². The van der Waals surface area contributed by atoms with Gasteiger partial charge in [0.2, 0.25) is 0 Å². The maximum absolute atomic E-state index is 5.10. The lowest BCUT2D eigenvalue weighted by atomic mass is 9.95. The highest BCUT2D eigenvalue weighted by molar-refractivity contribution is 6.01. The molecule has 1 aliphatic heterocycles. The minimum Gasteiger partial charge on any atom is -0.330 e. The van der Waals surface area contributed by atoms with Crippen molar-refractivity contribution in [2.45, 2.75) is 68.7 Å². The maximum Gasteiger partial charge on any atom is 0.106 e. The van der Waals surface area contributed by atoms with Crippen LogP contribution in [-0.4, -0.2) is 28.6 Å². The quantitative estimate of drug-likeness (QED) is 0.385. The summed E-state index contributed by atoms with van der Waals surface area (Å²) >= 11 is 0. The van der Waals surface area contributed by atoms with Crippen molar-refractivity contribution in [3.05, 3.63) is 59.4 Å². The highest BCUT2D eigenvalue weighted by Gasteiger charge is 2.31. The van der Waals surface area contributed by atoms with E-state index < -0.39 is 0 Å². The van der Waals surface area contributed by atoms with Crippen LogP contribution in [0.1, 0.15) is 68.7 Å². The van der Waals surface area contributed by atoms with Crippen molar-refractivity contribution in [3.63, 3.8) is 0 Å². The summed E-state index contributed by atoms with van der Waals surface area (Å²) in [6, 6.07) is 0. The molecule has 1 rings (SSSR count). The van der Waals surface area contributed by atoms with E-state index in [9.17, 15) is 0 Å². The Bertz CT molecular complexity index is 694. The Morgan fingerprint density at radius 3 is 2.22 bits per heavy atom. The molecule has 0 aromatic heterocycles. The lowest BCUT2D eigenvalue weighted by Crippen LogP contribution is -2.42. The summed E-state index contributed by atoms with van der Waals surface area (Å²) in [4.78, 5) is 9.72. The van der Waals surface area contributed by atoms with Crippen LogP contribution in [0.3, 0.4) is 0 Å². The van der Waals surface area contributed by atoms with Gasteiger partial charge in [-0.1, -0.05) is 58.6 Å². The van der Waals surface area contributed by atoms with E-state index in [-0.39, 0.29) is 5.41 Å². The Labute approximate surface area is 167 Å². The second-order valence-electron chi connectivity index (χ2n) is 8.18. The molecule has 0 saturated carbocycles. The van der Waals surface area contributed by atoms with Crippen molar-refractivity contribution < 1.29 is 0 Å². The third-order valence-electron chi connectivity index (χ3n) is 4.60. The molecule has 0 aromatic carbocycles. The molecule has 0 N–H and O–H groups in total. The zero-order valence-electron chi connectivity index (χ0n) is 19.0. The van der Waals surface area contributed by atoms with E-state index >= 15 is 0 Å². The number of nitrogens with zero attached hydrogens (tertiary/aromatic N) is 3. The summed E-state index contributed by atoms with van der Waals surface area (Å²) in [7, 11) is 0. The molecule has 0 atom stereocenters. The first-order valence-electron chi connectivity index (χ1n) is 10.1. The molecule has 0 fully saturated rings. The summed E-state index contributed by atoms with van der Waals surface area (Å²) < 4.78 is 0. The average molecular weight is 370 g/mol. The zero-order chi connectivity index (χ0) is 20.8. The van der Waals surface area contributed by atoms with Gasteiger partial charge in [-0.25, -0.2) is 4.99 Å². The molecule has 1 aliphatic rings. The fourth-order valence-corrected chi connectivity index (χ4v) is 3.33. The third kappa shape index (κ3) is 5.72. The van der Waals surface area contributed by atoms with E-state index in [4.69, 9.17) is 4.99 Å². The van der Waals surface area contributed by atoms with Crippen molar-refractivity contribution in [3.8, 4) is 0 Å². The molecule has 3 nitrogen and oxygen atoms in total. The van der Waals surface area contributed by atoms with Gasteiger partial charge in [-0.3, -0.25) is 0 Å². The Morgan fingerprint density at radius 1 is 1.15 bits per heavy atom. The average Bonchev–Trinajstić information content (AvgIpc) is 2.59. The van der Waals surface area contributed by atoms with Crippen molar-refractivity contribution in [2.24, 2.45) is 10.4 Å². The van der Waals surface area contributed by atoms with Crippen LogP contribution in [0.4, 0.5) is 0 Å². The normalized spacial score (nSPS) is 19.1. The molecule has 0 bridgehead atoms. The highest BCUT2D eigenvalue weighted by Crippen LogP contribution is 2.36. The summed E-state index contributed by atoms with van der Waals surface area (Å²) in [5, 5.41) is 0. The van der Waals surface area contributed by atoms with Crippen LogP contribution < -0.4 is 0 Å². The Morgan fingerprint density at radius 2 is 1.78 bits per heavy atom. The Hall–Kier alpha value is -2.03. The van der Waals surface area contributed by atoms with Gasteiger partial charge in [0, 0.05) is 24.5 Å². The van der Waals surface area contributed by atoms with E-state index in [2.05, 4.69) is 96.1 Å². The minimum absolute atomic E-state index is 0.166. The molecule has 3 heteroatoms. The number of allylic oxidation sites excluding steroid dienone is 6. The van der Waals surface area contributed by atoms with Crippen LogP contribution in [0.5, 0.6) is 0 Å². The smallest absolute Gasteiger partial charge is 0.106 e. The van der Waals surface area contributed by atoms with Gasteiger partial charge in [0.05, 0.1) is 5.70 Å². The second-order valence-corrected chi connectivity index (χ2v) is 8.18. The highest BCUT2D eigenvalue weighted by atomic mass is 15.4. The molecule has 0 spiro atoms. The largest absolute Gasteiger partial charge is 0.330 e. The van der Waals surface area contributed by atoms with Gasteiger partial charge >= 0.3 is 0 Å². The van der Waals surface area contributed by atoms with Crippen LogP contribution in [0.15, 0.2) is 64.4 Å². The predicted octanol–water partition coefficient (Wildman–Crippen LogP) is 6.65. The van der Waals surface area contributed by atoms with Crippen molar-refractivity contribution in [1.82, 2.24) is 9.80 Å². The maximum atomic E-state index is 5.10. The molecule has 0 radical (unpaired) electrons. The molecule has 0 saturated heterocycles. The summed E-state index contributed by atoms with van der Waals surface area (Å²) in [5.41, 5.74) is 5.75. The number of hydrogen-bond acceptors (Lipinski definition) is 3. The molecule has 27 heavy (non-hydrogen) atoms. The van der Waals surface area contributed by atoms with Crippen LogP contribution in [0.2, 0.25) is 0 Å². The molecule has 0 aromatic rings. The van der Waals surface area contributed by atoms with Gasteiger partial charge in [-0.2, -0.15) is 0 Å². The Kier molecular flexibility index (Phi) is 8.33. The molecular weight excluding hydrogens is 330 g/mol. The fourth-order valence-electron chi connectivity index (χ4n) is 3.33. The van der Waals surface area contributed by atoms with Gasteiger partial charge in [0.1, 0.15) is 11.5 Å². The monoisotopic (exact) mass is 369 g/mol. The lowest BCUT2D eigenvalue weighted by Gasteiger charge is -2.44. The predicted molar refractivity (Wildman–Crippen MR) is 120 cm³/mol. The van der Waals surface area contributed by atoms with Crippen LogP contribution >= 0.6 is 0 Å². The standard InChI is InChI=1S/C24H39N3/c1-11-15-21(13-3)18(5)25-23-19(6)27(17-24(8,9)10)20(7)26(14-4)22(23)16-12-2/h11,13,15-16H,7,12,14,17H2,1-6,8-10H3/b15-11-,21-13+,22-16?,25-18?. The molecule has 1 heterocycles. The molecule has 0 unspecified atom stereocenters. The van der Waals surface area contributed by atoms with Gasteiger partial charge in [-0.15, -0.1) is 0 Å². The topological polar surface area (TPSA) is 18.8 Å². The first-order valence-corrected chi connectivity index (χ1v) is 10.1. The van der Waals surface area contributed by atoms with Gasteiger partial charge in [-0.05, 0) is 52.0 Å². The summed E-state index contributed by atoms with van der Waals surface area (Å²) in [5.74, 6) is 1.04. The fraction of sp³-hybridized carbons (Fsp3) is 0.542. The number of aliphatic imine (C=N–C) groups is 1. The van der Waals surface area contributed by atoms with Crippen LogP contribution in [0, 0.1) is 5.41 Å². The van der Waals surface area contributed by atoms with Gasteiger partial charge < -0.3 is 9.80 Å². The first kappa shape index (κ1) is 23.0. The first-order chi connectivity index (χ1) is 12.6. The minimum atomic E-state index is 0.166. The zero-order valence-corrected chi connectivity index (χ0v) is 19.0. The number of likely N-dealkylation sites (N-methyl/N-ethyl adjacent to an activating group) is 1. The van der Waals surface area contributed by atoms with E-state index in [1.807, 2.05) is 6.92 Å². The summed E-state index contributed by atoms with van der Waals surface area (Å²) in [6.45, 7) is 25.7. The third-order valence-corrected chi connectivity index (χ3v) is 4.60. The molecule has 150 valence electrons. The van der Waals surface area contributed by atoms with E-state index in [0.29, 0.717) is 0 Å². The summed E-state index contributed by atoms with van der Waals surface area (Å²) in [6.07, 6.45) is 9.53. The van der Waals surface area contributed by atoms with Crippen LogP contribution in [-0.2, 0) is 0 Å². The molecule has 0 aliphatic carbocycles. The molecule has 0 amide bonds.